The SMILES string of the molecule is Cc1nc(COc2ccc(C(C)N)cc2F)cs1. The van der Waals surface area contributed by atoms with E-state index >= 15 is 0 Å². The first kappa shape index (κ1) is 13.0. The van der Waals surface area contributed by atoms with Gasteiger partial charge in [0.25, 0.3) is 0 Å². The Balaban J connectivity index is 2.05. The Morgan fingerprint density at radius 1 is 1.50 bits per heavy atom. The highest BCUT2D eigenvalue weighted by molar-refractivity contribution is 7.09. The summed E-state index contributed by atoms with van der Waals surface area (Å²) < 4.78 is 19.1. The first-order chi connectivity index (χ1) is 8.56. The zero-order valence-corrected chi connectivity index (χ0v) is 11.1. The van der Waals surface area contributed by atoms with Crippen LogP contribution in [0.25, 0.3) is 0 Å². The van der Waals surface area contributed by atoms with E-state index in [0.29, 0.717) is 0 Å². The molecule has 1 heterocycles. The second kappa shape index (κ2) is 5.46. The molecule has 5 heteroatoms. The van der Waals surface area contributed by atoms with Crippen molar-refractivity contribution in [2.75, 3.05) is 0 Å². The molecule has 1 aromatic carbocycles. The molecule has 0 aliphatic carbocycles. The molecule has 0 saturated heterocycles. The van der Waals surface area contributed by atoms with Crippen molar-refractivity contribution in [1.29, 1.82) is 0 Å². The maximum absolute atomic E-state index is 13.7. The van der Waals surface area contributed by atoms with Crippen LogP contribution >= 0.6 is 11.3 Å². The highest BCUT2D eigenvalue weighted by atomic mass is 32.1. The first-order valence-corrected chi connectivity index (χ1v) is 6.53. The number of rotatable bonds is 4. The quantitative estimate of drug-likeness (QED) is 0.924. The minimum atomic E-state index is -0.392. The summed E-state index contributed by atoms with van der Waals surface area (Å²) in [7, 11) is 0. The van der Waals surface area contributed by atoms with Crippen LogP contribution in [0.1, 0.15) is 29.2 Å². The van der Waals surface area contributed by atoms with E-state index in [9.17, 15) is 4.39 Å². The van der Waals surface area contributed by atoms with Crippen molar-refractivity contribution in [3.05, 3.63) is 45.7 Å². The number of benzene rings is 1. The third-order valence-electron chi connectivity index (χ3n) is 2.52. The number of aryl methyl sites for hydroxylation is 1. The maximum atomic E-state index is 13.7. The third kappa shape index (κ3) is 3.05. The molecule has 2 N–H and O–H groups in total. The molecular formula is C13H15FN2OS. The average molecular weight is 266 g/mol. The van der Waals surface area contributed by atoms with Gasteiger partial charge in [-0.05, 0) is 31.5 Å². The smallest absolute Gasteiger partial charge is 0.165 e. The summed E-state index contributed by atoms with van der Waals surface area (Å²) in [6.07, 6.45) is 0. The molecule has 0 bridgehead atoms. The Bertz CT molecular complexity index is 540. The number of nitrogens with two attached hydrogens (primary N) is 1. The number of hydrogen-bond acceptors (Lipinski definition) is 4. The van der Waals surface area contributed by atoms with Crippen LogP contribution in [0.2, 0.25) is 0 Å². The molecule has 1 atom stereocenters. The number of hydrogen-bond donors (Lipinski definition) is 1. The van der Waals surface area contributed by atoms with Crippen LogP contribution in [0, 0.1) is 12.7 Å². The Morgan fingerprint density at radius 3 is 2.83 bits per heavy atom. The number of halogens is 1. The lowest BCUT2D eigenvalue weighted by atomic mass is 10.1. The Morgan fingerprint density at radius 2 is 2.28 bits per heavy atom. The molecular weight excluding hydrogens is 251 g/mol. The number of nitrogens with zero attached hydrogens (tertiary/aromatic N) is 1. The third-order valence-corrected chi connectivity index (χ3v) is 3.35. The highest BCUT2D eigenvalue weighted by Crippen LogP contribution is 2.22. The van der Waals surface area contributed by atoms with Crippen molar-refractivity contribution in [2.45, 2.75) is 26.5 Å². The minimum absolute atomic E-state index is 0.185. The summed E-state index contributed by atoms with van der Waals surface area (Å²) in [4.78, 5) is 4.25. The monoisotopic (exact) mass is 266 g/mol. The van der Waals surface area contributed by atoms with Crippen LogP contribution in [-0.4, -0.2) is 4.98 Å². The number of aromatic nitrogens is 1. The van der Waals surface area contributed by atoms with E-state index in [4.69, 9.17) is 10.5 Å². The molecule has 3 nitrogen and oxygen atoms in total. The zero-order chi connectivity index (χ0) is 13.1. The first-order valence-electron chi connectivity index (χ1n) is 5.65. The lowest BCUT2D eigenvalue weighted by molar-refractivity contribution is 0.286. The zero-order valence-electron chi connectivity index (χ0n) is 10.3. The van der Waals surface area contributed by atoms with Crippen molar-refractivity contribution in [3.8, 4) is 5.75 Å². The normalized spacial score (nSPS) is 12.4. The van der Waals surface area contributed by atoms with E-state index in [1.54, 1.807) is 23.5 Å². The van der Waals surface area contributed by atoms with E-state index in [-0.39, 0.29) is 18.4 Å². The van der Waals surface area contributed by atoms with Crippen molar-refractivity contribution < 1.29 is 9.13 Å². The Labute approximate surface area is 109 Å². The lowest BCUT2D eigenvalue weighted by Crippen LogP contribution is -2.06. The summed E-state index contributed by atoms with van der Waals surface area (Å²) in [5, 5.41) is 2.88. The van der Waals surface area contributed by atoms with Crippen LogP contribution in [0.3, 0.4) is 0 Å². The predicted octanol–water partition coefficient (Wildman–Crippen LogP) is 3.19. The van der Waals surface area contributed by atoms with E-state index in [1.807, 2.05) is 19.2 Å². The van der Waals surface area contributed by atoms with Crippen LogP contribution in [0.5, 0.6) is 5.75 Å². The molecule has 18 heavy (non-hydrogen) atoms. The van der Waals surface area contributed by atoms with Gasteiger partial charge in [0.2, 0.25) is 0 Å². The van der Waals surface area contributed by atoms with Gasteiger partial charge in [-0.2, -0.15) is 0 Å². The van der Waals surface area contributed by atoms with Gasteiger partial charge < -0.3 is 10.5 Å². The molecule has 2 rings (SSSR count). The van der Waals surface area contributed by atoms with Gasteiger partial charge in [-0.15, -0.1) is 11.3 Å². The van der Waals surface area contributed by atoms with E-state index in [2.05, 4.69) is 4.98 Å². The van der Waals surface area contributed by atoms with Gasteiger partial charge >= 0.3 is 0 Å². The van der Waals surface area contributed by atoms with Crippen molar-refractivity contribution >= 4 is 11.3 Å². The number of ether oxygens (including phenoxy) is 1. The standard InChI is InChI=1S/C13H15FN2OS/c1-8(15)10-3-4-13(12(14)5-10)17-6-11-7-18-9(2)16-11/h3-5,7-8H,6,15H2,1-2H3. The second-order valence-electron chi connectivity index (χ2n) is 4.13. The second-order valence-corrected chi connectivity index (χ2v) is 5.19. The molecule has 0 spiro atoms. The molecule has 0 saturated carbocycles. The lowest BCUT2D eigenvalue weighted by Gasteiger charge is -2.09. The molecule has 0 amide bonds. The summed E-state index contributed by atoms with van der Waals surface area (Å²) in [6.45, 7) is 4.01. The molecule has 2 aromatic rings. The number of thiazole rings is 1. The predicted molar refractivity (Wildman–Crippen MR) is 70.2 cm³/mol. The van der Waals surface area contributed by atoms with Crippen molar-refractivity contribution in [2.24, 2.45) is 5.73 Å². The van der Waals surface area contributed by atoms with Gasteiger partial charge in [-0.3, -0.25) is 0 Å². The van der Waals surface area contributed by atoms with Gasteiger partial charge in [-0.1, -0.05) is 6.07 Å². The van der Waals surface area contributed by atoms with E-state index in [1.165, 1.54) is 6.07 Å². The van der Waals surface area contributed by atoms with Crippen molar-refractivity contribution in [1.82, 2.24) is 4.98 Å². The van der Waals surface area contributed by atoms with E-state index in [0.717, 1.165) is 16.3 Å². The van der Waals surface area contributed by atoms with E-state index < -0.39 is 5.82 Å². The van der Waals surface area contributed by atoms with Gasteiger partial charge in [-0.25, -0.2) is 9.37 Å². The van der Waals surface area contributed by atoms with Gasteiger partial charge in [0.15, 0.2) is 11.6 Å². The topological polar surface area (TPSA) is 48.1 Å². The van der Waals surface area contributed by atoms with Gasteiger partial charge in [0.05, 0.1) is 10.7 Å². The maximum Gasteiger partial charge on any atom is 0.165 e. The fourth-order valence-corrected chi connectivity index (χ4v) is 2.14. The van der Waals surface area contributed by atoms with Crippen molar-refractivity contribution in [3.63, 3.8) is 0 Å². The summed E-state index contributed by atoms with van der Waals surface area (Å²) in [5.74, 6) is -0.165. The summed E-state index contributed by atoms with van der Waals surface area (Å²) in [5.41, 5.74) is 7.25. The molecule has 0 aliphatic rings. The average Bonchev–Trinajstić information content (AvgIpc) is 2.73. The molecule has 1 aromatic heterocycles. The van der Waals surface area contributed by atoms with Crippen LogP contribution in [-0.2, 0) is 6.61 Å². The molecule has 0 radical (unpaired) electrons. The fourth-order valence-electron chi connectivity index (χ4n) is 1.54. The van der Waals surface area contributed by atoms with Crippen LogP contribution in [0.4, 0.5) is 4.39 Å². The fraction of sp³-hybridized carbons (Fsp3) is 0.308. The summed E-state index contributed by atoms with van der Waals surface area (Å²) in [6, 6.07) is 4.60. The van der Waals surface area contributed by atoms with Gasteiger partial charge in [0, 0.05) is 11.4 Å². The van der Waals surface area contributed by atoms with Gasteiger partial charge in [0.1, 0.15) is 6.61 Å². The molecule has 0 fully saturated rings. The molecule has 96 valence electrons. The molecule has 0 aliphatic heterocycles. The largest absolute Gasteiger partial charge is 0.484 e. The minimum Gasteiger partial charge on any atom is -0.484 e. The van der Waals surface area contributed by atoms with Crippen LogP contribution in [0.15, 0.2) is 23.6 Å². The molecule has 1 unspecified atom stereocenters. The highest BCUT2D eigenvalue weighted by Gasteiger charge is 2.08. The van der Waals surface area contributed by atoms with Crippen LogP contribution < -0.4 is 10.5 Å². The Hall–Kier alpha value is -1.46. The summed E-state index contributed by atoms with van der Waals surface area (Å²) >= 11 is 1.55. The Kier molecular flexibility index (Phi) is 3.93.